The van der Waals surface area contributed by atoms with Crippen molar-refractivity contribution in [2.75, 3.05) is 37.7 Å². The molecular formula is C21H26N2OS. The summed E-state index contributed by atoms with van der Waals surface area (Å²) in [4.78, 5) is 18.0. The van der Waals surface area contributed by atoms with Crippen molar-refractivity contribution in [2.24, 2.45) is 0 Å². The number of thioether (sulfide) groups is 1. The Morgan fingerprint density at radius 1 is 1.00 bits per heavy atom. The van der Waals surface area contributed by atoms with Gasteiger partial charge < -0.3 is 9.80 Å². The Labute approximate surface area is 154 Å². The van der Waals surface area contributed by atoms with Crippen molar-refractivity contribution in [1.82, 2.24) is 9.80 Å². The van der Waals surface area contributed by atoms with Crippen molar-refractivity contribution in [3.8, 4) is 0 Å². The van der Waals surface area contributed by atoms with E-state index in [4.69, 9.17) is 0 Å². The number of amides is 1. The number of carbonyl (C=O) groups is 1. The molecule has 2 heterocycles. The van der Waals surface area contributed by atoms with Gasteiger partial charge in [-0.05, 0) is 61.0 Å². The molecule has 132 valence electrons. The molecule has 0 N–H and O–H groups in total. The summed E-state index contributed by atoms with van der Waals surface area (Å²) in [6.45, 7) is 4.31. The summed E-state index contributed by atoms with van der Waals surface area (Å²) >= 11 is 2.01. The Hall–Kier alpha value is -1.52. The fourth-order valence-corrected chi connectivity index (χ4v) is 5.06. The van der Waals surface area contributed by atoms with Crippen LogP contribution in [0.2, 0.25) is 0 Å². The third-order valence-electron chi connectivity index (χ3n) is 5.36. The first-order chi connectivity index (χ1) is 12.3. The van der Waals surface area contributed by atoms with E-state index in [0.717, 1.165) is 42.0 Å². The van der Waals surface area contributed by atoms with Crippen LogP contribution < -0.4 is 0 Å². The Kier molecular flexibility index (Phi) is 5.28. The highest BCUT2D eigenvalue weighted by Crippen LogP contribution is 2.23. The molecule has 3 nitrogen and oxygen atoms in total. The van der Waals surface area contributed by atoms with Crippen LogP contribution in [-0.2, 0) is 0 Å². The van der Waals surface area contributed by atoms with Gasteiger partial charge >= 0.3 is 0 Å². The van der Waals surface area contributed by atoms with Gasteiger partial charge in [0.1, 0.15) is 0 Å². The topological polar surface area (TPSA) is 23.6 Å². The molecule has 1 amide bonds. The number of hydrogen-bond donors (Lipinski definition) is 0. The van der Waals surface area contributed by atoms with Crippen molar-refractivity contribution in [3.05, 3.63) is 48.0 Å². The van der Waals surface area contributed by atoms with Crippen molar-refractivity contribution in [3.63, 3.8) is 0 Å². The van der Waals surface area contributed by atoms with Gasteiger partial charge in [0.15, 0.2) is 0 Å². The average molecular weight is 355 g/mol. The van der Waals surface area contributed by atoms with Gasteiger partial charge in [-0.1, -0.05) is 30.3 Å². The second-order valence-corrected chi connectivity index (χ2v) is 8.30. The molecule has 2 aromatic carbocycles. The lowest BCUT2D eigenvalue weighted by Crippen LogP contribution is -2.47. The molecule has 1 unspecified atom stereocenters. The van der Waals surface area contributed by atoms with Crippen LogP contribution in [-0.4, -0.2) is 59.4 Å². The van der Waals surface area contributed by atoms with Crippen molar-refractivity contribution < 1.29 is 4.79 Å². The van der Waals surface area contributed by atoms with Gasteiger partial charge in [0.25, 0.3) is 5.91 Å². The molecule has 1 atom stereocenters. The Bertz CT molecular complexity index is 742. The van der Waals surface area contributed by atoms with Crippen LogP contribution in [0.3, 0.4) is 0 Å². The SMILES string of the molecule is O=C(c1ccc2ccccc2c1)N1CCCSCC1CN1CCCC1. The lowest BCUT2D eigenvalue weighted by molar-refractivity contribution is 0.0667. The molecule has 2 saturated heterocycles. The molecule has 25 heavy (non-hydrogen) atoms. The number of fused-ring (bicyclic) bond motifs is 1. The van der Waals surface area contributed by atoms with E-state index in [1.54, 1.807) is 0 Å². The molecule has 0 aliphatic carbocycles. The van der Waals surface area contributed by atoms with Crippen LogP contribution in [0, 0.1) is 0 Å². The summed E-state index contributed by atoms with van der Waals surface area (Å²) in [5.41, 5.74) is 0.831. The monoisotopic (exact) mass is 354 g/mol. The molecule has 0 saturated carbocycles. The minimum absolute atomic E-state index is 0.206. The number of nitrogens with zero attached hydrogens (tertiary/aromatic N) is 2. The van der Waals surface area contributed by atoms with E-state index < -0.39 is 0 Å². The van der Waals surface area contributed by atoms with E-state index in [1.165, 1.54) is 31.3 Å². The highest BCUT2D eigenvalue weighted by Gasteiger charge is 2.29. The summed E-state index contributed by atoms with van der Waals surface area (Å²) in [5.74, 6) is 2.44. The minimum atomic E-state index is 0.206. The zero-order valence-corrected chi connectivity index (χ0v) is 15.5. The molecule has 2 aliphatic heterocycles. The van der Waals surface area contributed by atoms with Crippen molar-refractivity contribution >= 4 is 28.4 Å². The molecule has 0 bridgehead atoms. The van der Waals surface area contributed by atoms with Crippen LogP contribution in [0.15, 0.2) is 42.5 Å². The third-order valence-corrected chi connectivity index (χ3v) is 6.56. The fourth-order valence-electron chi connectivity index (χ4n) is 4.00. The van der Waals surface area contributed by atoms with E-state index in [1.807, 2.05) is 30.0 Å². The maximum Gasteiger partial charge on any atom is 0.254 e. The van der Waals surface area contributed by atoms with E-state index in [-0.39, 0.29) is 5.91 Å². The summed E-state index contributed by atoms with van der Waals surface area (Å²) in [6, 6.07) is 14.7. The van der Waals surface area contributed by atoms with Crippen LogP contribution in [0.1, 0.15) is 29.6 Å². The van der Waals surface area contributed by atoms with Gasteiger partial charge in [0.2, 0.25) is 0 Å². The number of benzene rings is 2. The molecular weight excluding hydrogens is 328 g/mol. The highest BCUT2D eigenvalue weighted by molar-refractivity contribution is 7.99. The highest BCUT2D eigenvalue weighted by atomic mass is 32.2. The standard InChI is InChI=1S/C21H26N2OS/c24-21(19-9-8-17-6-1-2-7-18(17)14-19)23-12-5-13-25-16-20(23)15-22-10-3-4-11-22/h1-2,6-9,14,20H,3-5,10-13,15-16H2. The second kappa shape index (κ2) is 7.79. The van der Waals surface area contributed by atoms with Crippen molar-refractivity contribution in [2.45, 2.75) is 25.3 Å². The third kappa shape index (κ3) is 3.85. The Morgan fingerprint density at radius 2 is 1.80 bits per heavy atom. The first-order valence-electron chi connectivity index (χ1n) is 9.41. The molecule has 2 aromatic rings. The maximum atomic E-state index is 13.3. The second-order valence-electron chi connectivity index (χ2n) is 7.15. The van der Waals surface area contributed by atoms with Crippen LogP contribution in [0.25, 0.3) is 10.8 Å². The summed E-state index contributed by atoms with van der Waals surface area (Å²) in [5, 5.41) is 2.34. The molecule has 4 rings (SSSR count). The van der Waals surface area contributed by atoms with E-state index >= 15 is 0 Å². The molecule has 0 aromatic heterocycles. The minimum Gasteiger partial charge on any atom is -0.334 e. The predicted octanol–water partition coefficient (Wildman–Crippen LogP) is 3.88. The normalized spacial score (nSPS) is 22.2. The molecule has 0 radical (unpaired) electrons. The van der Waals surface area contributed by atoms with Gasteiger partial charge in [-0.3, -0.25) is 4.79 Å². The molecule has 2 fully saturated rings. The van der Waals surface area contributed by atoms with Crippen LogP contribution in [0.5, 0.6) is 0 Å². The summed E-state index contributed by atoms with van der Waals surface area (Å²) < 4.78 is 0. The Morgan fingerprint density at radius 3 is 2.64 bits per heavy atom. The number of carbonyl (C=O) groups excluding carboxylic acids is 1. The fraction of sp³-hybridized carbons (Fsp3) is 0.476. The average Bonchev–Trinajstić information content (AvgIpc) is 3.05. The largest absolute Gasteiger partial charge is 0.334 e. The maximum absolute atomic E-state index is 13.3. The van der Waals surface area contributed by atoms with E-state index in [9.17, 15) is 4.79 Å². The van der Waals surface area contributed by atoms with E-state index in [2.05, 4.69) is 34.1 Å². The predicted molar refractivity (Wildman–Crippen MR) is 106 cm³/mol. The zero-order valence-electron chi connectivity index (χ0n) is 14.7. The number of rotatable bonds is 3. The smallest absolute Gasteiger partial charge is 0.254 e. The summed E-state index contributed by atoms with van der Waals surface area (Å²) in [7, 11) is 0. The van der Waals surface area contributed by atoms with Crippen LogP contribution in [0.4, 0.5) is 0 Å². The van der Waals surface area contributed by atoms with Gasteiger partial charge in [-0.2, -0.15) is 11.8 Å². The van der Waals surface area contributed by atoms with Gasteiger partial charge in [0.05, 0.1) is 6.04 Å². The number of hydrogen-bond acceptors (Lipinski definition) is 3. The van der Waals surface area contributed by atoms with Gasteiger partial charge in [-0.25, -0.2) is 0 Å². The zero-order chi connectivity index (χ0) is 17.1. The Balaban J connectivity index is 1.57. The number of likely N-dealkylation sites (tertiary alicyclic amines) is 1. The lowest BCUT2D eigenvalue weighted by Gasteiger charge is -2.33. The molecule has 2 aliphatic rings. The van der Waals surface area contributed by atoms with E-state index in [0.29, 0.717) is 6.04 Å². The van der Waals surface area contributed by atoms with Crippen LogP contribution >= 0.6 is 11.8 Å². The molecule has 4 heteroatoms. The lowest BCUT2D eigenvalue weighted by atomic mass is 10.1. The van der Waals surface area contributed by atoms with Gasteiger partial charge in [-0.15, -0.1) is 0 Å². The first-order valence-corrected chi connectivity index (χ1v) is 10.6. The van der Waals surface area contributed by atoms with Gasteiger partial charge in [0, 0.05) is 24.4 Å². The molecule has 0 spiro atoms. The summed E-state index contributed by atoms with van der Waals surface area (Å²) in [6.07, 6.45) is 3.71. The first kappa shape index (κ1) is 16.9. The van der Waals surface area contributed by atoms with Crippen molar-refractivity contribution in [1.29, 1.82) is 0 Å². The quantitative estimate of drug-likeness (QED) is 0.836.